The van der Waals surface area contributed by atoms with E-state index in [1.807, 2.05) is 19.1 Å². The lowest BCUT2D eigenvalue weighted by Gasteiger charge is -2.08. The molecule has 1 amide bonds. The van der Waals surface area contributed by atoms with Crippen molar-refractivity contribution in [3.8, 4) is 5.75 Å². The SMILES string of the molecule is Cc1ccc(OCC(=O)NCc2ccc(S(N)(=O)=O)cc2)cc1. The van der Waals surface area contributed by atoms with Gasteiger partial charge in [0.05, 0.1) is 4.90 Å². The second-order valence-electron chi connectivity index (χ2n) is 5.07. The van der Waals surface area contributed by atoms with Crippen LogP contribution in [0.2, 0.25) is 0 Å². The Morgan fingerprint density at radius 1 is 1.09 bits per heavy atom. The zero-order valence-electron chi connectivity index (χ0n) is 12.7. The molecule has 0 unspecified atom stereocenters. The number of ether oxygens (including phenoxy) is 1. The standard InChI is InChI=1S/C16H18N2O4S/c1-12-2-6-14(7-3-12)22-11-16(19)18-10-13-4-8-15(9-5-13)23(17,20)21/h2-9H,10-11H2,1H3,(H,18,19)(H2,17,20,21). The zero-order valence-corrected chi connectivity index (χ0v) is 13.5. The highest BCUT2D eigenvalue weighted by Gasteiger charge is 2.07. The number of rotatable bonds is 6. The maximum Gasteiger partial charge on any atom is 0.258 e. The average Bonchev–Trinajstić information content (AvgIpc) is 2.52. The molecule has 2 aromatic rings. The smallest absolute Gasteiger partial charge is 0.258 e. The Labute approximate surface area is 135 Å². The van der Waals surface area contributed by atoms with Crippen molar-refractivity contribution in [1.29, 1.82) is 0 Å². The summed E-state index contributed by atoms with van der Waals surface area (Å²) in [5, 5.41) is 7.71. The Morgan fingerprint density at radius 3 is 2.26 bits per heavy atom. The van der Waals surface area contributed by atoms with Crippen LogP contribution in [0.1, 0.15) is 11.1 Å². The zero-order chi connectivity index (χ0) is 16.9. The maximum absolute atomic E-state index is 11.7. The minimum Gasteiger partial charge on any atom is -0.484 e. The molecule has 2 aromatic carbocycles. The van der Waals surface area contributed by atoms with Crippen molar-refractivity contribution in [3.05, 3.63) is 59.7 Å². The van der Waals surface area contributed by atoms with E-state index in [0.29, 0.717) is 5.75 Å². The molecular weight excluding hydrogens is 316 g/mol. The number of primary sulfonamides is 1. The van der Waals surface area contributed by atoms with Crippen molar-refractivity contribution in [1.82, 2.24) is 5.32 Å². The Balaban J connectivity index is 1.81. The van der Waals surface area contributed by atoms with Gasteiger partial charge in [-0.15, -0.1) is 0 Å². The maximum atomic E-state index is 11.7. The van der Waals surface area contributed by atoms with E-state index < -0.39 is 10.0 Å². The molecule has 0 aliphatic heterocycles. The first-order valence-corrected chi connectivity index (χ1v) is 8.47. The van der Waals surface area contributed by atoms with Crippen molar-refractivity contribution >= 4 is 15.9 Å². The fourth-order valence-corrected chi connectivity index (χ4v) is 2.35. The number of hydrogen-bond acceptors (Lipinski definition) is 4. The Bertz CT molecular complexity index is 769. The number of nitrogens with two attached hydrogens (primary N) is 1. The summed E-state index contributed by atoms with van der Waals surface area (Å²) in [7, 11) is -3.70. The average molecular weight is 334 g/mol. The van der Waals surface area contributed by atoms with Gasteiger partial charge in [-0.1, -0.05) is 29.8 Å². The summed E-state index contributed by atoms with van der Waals surface area (Å²) < 4.78 is 27.7. The van der Waals surface area contributed by atoms with Crippen LogP contribution >= 0.6 is 0 Å². The number of hydrogen-bond donors (Lipinski definition) is 2. The van der Waals surface area contributed by atoms with Crippen LogP contribution < -0.4 is 15.2 Å². The minimum atomic E-state index is -3.70. The predicted molar refractivity (Wildman–Crippen MR) is 86.3 cm³/mol. The van der Waals surface area contributed by atoms with E-state index in [4.69, 9.17) is 9.88 Å². The highest BCUT2D eigenvalue weighted by atomic mass is 32.2. The monoisotopic (exact) mass is 334 g/mol. The Hall–Kier alpha value is -2.38. The van der Waals surface area contributed by atoms with E-state index in [1.54, 1.807) is 24.3 Å². The van der Waals surface area contributed by atoms with Gasteiger partial charge >= 0.3 is 0 Å². The van der Waals surface area contributed by atoms with Crippen LogP contribution in [0.4, 0.5) is 0 Å². The number of carbonyl (C=O) groups excluding carboxylic acids is 1. The molecule has 0 saturated heterocycles. The van der Waals surface area contributed by atoms with E-state index in [-0.39, 0.29) is 24.0 Å². The van der Waals surface area contributed by atoms with Crippen LogP contribution in [0.25, 0.3) is 0 Å². The van der Waals surface area contributed by atoms with Crippen LogP contribution in [0, 0.1) is 6.92 Å². The van der Waals surface area contributed by atoms with Gasteiger partial charge in [0.2, 0.25) is 10.0 Å². The molecule has 0 bridgehead atoms. The van der Waals surface area contributed by atoms with Gasteiger partial charge < -0.3 is 10.1 Å². The molecule has 23 heavy (non-hydrogen) atoms. The molecule has 0 aliphatic rings. The summed E-state index contributed by atoms with van der Waals surface area (Å²) in [4.78, 5) is 11.8. The van der Waals surface area contributed by atoms with Gasteiger partial charge in [0.15, 0.2) is 6.61 Å². The molecule has 6 nitrogen and oxygen atoms in total. The lowest BCUT2D eigenvalue weighted by atomic mass is 10.2. The van der Waals surface area contributed by atoms with Gasteiger partial charge in [-0.05, 0) is 36.8 Å². The second-order valence-corrected chi connectivity index (χ2v) is 6.63. The third-order valence-corrected chi connectivity index (χ3v) is 4.06. The van der Waals surface area contributed by atoms with Gasteiger partial charge in [-0.2, -0.15) is 0 Å². The van der Waals surface area contributed by atoms with Crippen LogP contribution in [-0.2, 0) is 21.4 Å². The van der Waals surface area contributed by atoms with E-state index in [0.717, 1.165) is 11.1 Å². The highest BCUT2D eigenvalue weighted by molar-refractivity contribution is 7.89. The van der Waals surface area contributed by atoms with Crippen molar-refractivity contribution in [3.63, 3.8) is 0 Å². The number of nitrogens with one attached hydrogen (secondary N) is 1. The molecule has 122 valence electrons. The third-order valence-electron chi connectivity index (χ3n) is 3.13. The van der Waals surface area contributed by atoms with Gasteiger partial charge in [0, 0.05) is 6.54 Å². The van der Waals surface area contributed by atoms with E-state index >= 15 is 0 Å². The number of aryl methyl sites for hydroxylation is 1. The molecule has 0 aromatic heterocycles. The van der Waals surface area contributed by atoms with Crippen LogP contribution in [-0.4, -0.2) is 20.9 Å². The molecule has 0 heterocycles. The summed E-state index contributed by atoms with van der Waals surface area (Å²) in [5.74, 6) is 0.365. The minimum absolute atomic E-state index is 0.0373. The first kappa shape index (κ1) is 17.0. The third kappa shape index (κ3) is 5.39. The number of carbonyl (C=O) groups is 1. The molecule has 0 saturated carbocycles. The molecule has 0 aliphatic carbocycles. The summed E-state index contributed by atoms with van der Waals surface area (Å²) in [5.41, 5.74) is 1.88. The quantitative estimate of drug-likeness (QED) is 0.833. The fraction of sp³-hybridized carbons (Fsp3) is 0.188. The second kappa shape index (κ2) is 7.26. The summed E-state index contributed by atoms with van der Waals surface area (Å²) >= 11 is 0. The molecular formula is C16H18N2O4S. The van der Waals surface area contributed by atoms with Crippen molar-refractivity contribution in [2.45, 2.75) is 18.4 Å². The summed E-state index contributed by atoms with van der Waals surface area (Å²) in [6, 6.07) is 13.4. The summed E-state index contributed by atoms with van der Waals surface area (Å²) in [6.45, 7) is 2.16. The van der Waals surface area contributed by atoms with Crippen molar-refractivity contribution < 1.29 is 17.9 Å². The highest BCUT2D eigenvalue weighted by Crippen LogP contribution is 2.11. The first-order valence-electron chi connectivity index (χ1n) is 6.92. The summed E-state index contributed by atoms with van der Waals surface area (Å²) in [6.07, 6.45) is 0. The van der Waals surface area contributed by atoms with Gasteiger partial charge in [-0.25, -0.2) is 13.6 Å². The number of amides is 1. The van der Waals surface area contributed by atoms with Crippen LogP contribution in [0.3, 0.4) is 0 Å². The van der Waals surface area contributed by atoms with Gasteiger partial charge in [0.25, 0.3) is 5.91 Å². The van der Waals surface area contributed by atoms with Crippen LogP contribution in [0.5, 0.6) is 5.75 Å². The van der Waals surface area contributed by atoms with Gasteiger partial charge in [0.1, 0.15) is 5.75 Å². The molecule has 0 atom stereocenters. The lowest BCUT2D eigenvalue weighted by molar-refractivity contribution is -0.123. The van der Waals surface area contributed by atoms with E-state index in [1.165, 1.54) is 12.1 Å². The molecule has 0 radical (unpaired) electrons. The van der Waals surface area contributed by atoms with Gasteiger partial charge in [-0.3, -0.25) is 4.79 Å². The molecule has 0 spiro atoms. The predicted octanol–water partition coefficient (Wildman–Crippen LogP) is 1.34. The molecule has 3 N–H and O–H groups in total. The Morgan fingerprint density at radius 2 is 1.70 bits per heavy atom. The van der Waals surface area contributed by atoms with E-state index in [2.05, 4.69) is 5.32 Å². The topological polar surface area (TPSA) is 98.5 Å². The van der Waals surface area contributed by atoms with Crippen molar-refractivity contribution in [2.75, 3.05) is 6.61 Å². The van der Waals surface area contributed by atoms with E-state index in [9.17, 15) is 13.2 Å². The Kier molecular flexibility index (Phi) is 5.36. The largest absolute Gasteiger partial charge is 0.484 e. The molecule has 2 rings (SSSR count). The lowest BCUT2D eigenvalue weighted by Crippen LogP contribution is -2.28. The van der Waals surface area contributed by atoms with Crippen molar-refractivity contribution in [2.24, 2.45) is 5.14 Å². The number of sulfonamides is 1. The fourth-order valence-electron chi connectivity index (χ4n) is 1.83. The van der Waals surface area contributed by atoms with Crippen LogP contribution in [0.15, 0.2) is 53.4 Å². The molecule has 7 heteroatoms. The normalized spacial score (nSPS) is 11.0. The molecule has 0 fully saturated rings. The first-order chi connectivity index (χ1) is 10.8. The number of benzene rings is 2.